The second-order valence-corrected chi connectivity index (χ2v) is 12.6. The van der Waals surface area contributed by atoms with Crippen LogP contribution in [0, 0.1) is 12.8 Å². The number of ether oxygens (including phenoxy) is 1. The van der Waals surface area contributed by atoms with E-state index in [1.165, 1.54) is 12.1 Å². The van der Waals surface area contributed by atoms with Crippen LogP contribution in [-0.2, 0) is 24.5 Å². The van der Waals surface area contributed by atoms with Crippen LogP contribution in [0.2, 0.25) is 0 Å². The molecule has 6 rings (SSSR count). The normalized spacial score (nSPS) is 25.5. The number of fused-ring (bicyclic) bond motifs is 1. The predicted octanol–water partition coefficient (Wildman–Crippen LogP) is 4.90. The first-order valence-corrected chi connectivity index (χ1v) is 15.1. The van der Waals surface area contributed by atoms with E-state index in [9.17, 15) is 31.9 Å². The molecule has 0 bridgehead atoms. The summed E-state index contributed by atoms with van der Waals surface area (Å²) in [6.45, 7) is 5.44. The average Bonchev–Trinajstić information content (AvgIpc) is 3.58. The Morgan fingerprint density at radius 3 is 2.45 bits per heavy atom. The molecule has 240 valence electrons. The zero-order valence-electron chi connectivity index (χ0n) is 25.0. The van der Waals surface area contributed by atoms with E-state index in [2.05, 4.69) is 0 Å². The third-order valence-corrected chi connectivity index (χ3v) is 9.60. The first-order chi connectivity index (χ1) is 20.8. The Bertz CT molecular complexity index is 1560. The van der Waals surface area contributed by atoms with Crippen molar-refractivity contribution in [2.75, 3.05) is 31.2 Å². The number of rotatable bonds is 7. The summed E-state index contributed by atoms with van der Waals surface area (Å²) in [4.78, 5) is 22.1. The number of aliphatic hydroxyl groups is 1. The molecule has 0 amide bonds. The number of anilines is 1. The molecule has 3 aliphatic rings. The molecule has 2 aliphatic heterocycles. The summed E-state index contributed by atoms with van der Waals surface area (Å²) < 4.78 is 77.5. The van der Waals surface area contributed by atoms with Crippen molar-refractivity contribution < 1.29 is 31.8 Å². The van der Waals surface area contributed by atoms with Gasteiger partial charge in [-0.15, -0.1) is 0 Å². The van der Waals surface area contributed by atoms with E-state index < -0.39 is 35.7 Å². The monoisotopic (exact) mass is 623 g/mol. The van der Waals surface area contributed by atoms with Gasteiger partial charge in [0.1, 0.15) is 17.0 Å². The van der Waals surface area contributed by atoms with Gasteiger partial charge in [-0.25, -0.2) is 13.8 Å². The van der Waals surface area contributed by atoms with Gasteiger partial charge in [0.25, 0.3) is 5.56 Å². The molecule has 1 unspecified atom stereocenters. The Hall–Kier alpha value is -3.03. The molecular weight excluding hydrogens is 585 g/mol. The van der Waals surface area contributed by atoms with Gasteiger partial charge in [-0.2, -0.15) is 13.2 Å². The fraction of sp³-hybridized carbons (Fsp3) is 0.613. The van der Waals surface area contributed by atoms with Crippen LogP contribution in [0.4, 0.5) is 27.6 Å². The number of halogens is 5. The quantitative estimate of drug-likeness (QED) is 0.378. The minimum atomic E-state index is -4.52. The van der Waals surface area contributed by atoms with Gasteiger partial charge in [-0.3, -0.25) is 14.3 Å². The third kappa shape index (κ3) is 5.62. The minimum Gasteiger partial charge on any atom is -0.395 e. The highest BCUT2D eigenvalue weighted by atomic mass is 19.4. The van der Waals surface area contributed by atoms with Crippen LogP contribution in [0.15, 0.2) is 35.1 Å². The van der Waals surface area contributed by atoms with Gasteiger partial charge in [0, 0.05) is 57.7 Å². The number of aromatic nitrogens is 3. The fourth-order valence-corrected chi connectivity index (χ4v) is 7.32. The van der Waals surface area contributed by atoms with Crippen LogP contribution >= 0.6 is 0 Å². The highest BCUT2D eigenvalue weighted by Crippen LogP contribution is 2.51. The summed E-state index contributed by atoms with van der Waals surface area (Å²) >= 11 is 0. The van der Waals surface area contributed by atoms with Crippen molar-refractivity contribution >= 4 is 16.9 Å². The van der Waals surface area contributed by atoms with Crippen LogP contribution < -0.4 is 10.5 Å². The Balaban J connectivity index is 1.34. The summed E-state index contributed by atoms with van der Waals surface area (Å²) in [6.07, 6.45) is -3.32. The summed E-state index contributed by atoms with van der Waals surface area (Å²) in [6, 6.07) is 4.89. The topological polar surface area (TPSA) is 75.8 Å². The molecule has 0 radical (unpaired) electrons. The van der Waals surface area contributed by atoms with Crippen molar-refractivity contribution in [1.29, 1.82) is 0 Å². The summed E-state index contributed by atoms with van der Waals surface area (Å²) in [5.74, 6) is -2.56. The molecule has 1 aromatic carbocycles. The summed E-state index contributed by atoms with van der Waals surface area (Å²) in [5.41, 5.74) is 1.45. The van der Waals surface area contributed by atoms with Gasteiger partial charge in [-0.05, 0) is 50.3 Å². The van der Waals surface area contributed by atoms with E-state index in [4.69, 9.17) is 9.72 Å². The number of nitrogens with zero attached hydrogens (tertiary/aromatic N) is 5. The van der Waals surface area contributed by atoms with Gasteiger partial charge < -0.3 is 19.3 Å². The third-order valence-electron chi connectivity index (χ3n) is 9.60. The van der Waals surface area contributed by atoms with Gasteiger partial charge in [-0.1, -0.05) is 12.1 Å². The molecule has 1 aliphatic carbocycles. The highest BCUT2D eigenvalue weighted by Gasteiger charge is 2.52. The van der Waals surface area contributed by atoms with E-state index >= 15 is 0 Å². The van der Waals surface area contributed by atoms with Crippen molar-refractivity contribution in [2.24, 2.45) is 13.0 Å². The fourth-order valence-electron chi connectivity index (χ4n) is 7.32. The largest absolute Gasteiger partial charge is 0.416 e. The maximum atomic E-state index is 14.1. The number of imidazole rings is 1. The smallest absolute Gasteiger partial charge is 0.395 e. The second-order valence-electron chi connectivity index (χ2n) is 12.6. The Labute approximate surface area is 252 Å². The van der Waals surface area contributed by atoms with Gasteiger partial charge in [0.2, 0.25) is 5.92 Å². The van der Waals surface area contributed by atoms with Gasteiger partial charge in [0.05, 0.1) is 36.5 Å². The number of pyridine rings is 1. The molecule has 0 spiro atoms. The lowest BCUT2D eigenvalue weighted by molar-refractivity contribution is -0.139. The number of benzene rings is 1. The molecule has 1 N–H and O–H groups in total. The number of hydrogen-bond acceptors (Lipinski definition) is 6. The van der Waals surface area contributed by atoms with Gasteiger partial charge >= 0.3 is 6.18 Å². The van der Waals surface area contributed by atoms with Crippen LogP contribution in [0.1, 0.15) is 55.6 Å². The summed E-state index contributed by atoms with van der Waals surface area (Å²) in [5, 5.41) is 10.6. The number of piperazine rings is 1. The van der Waals surface area contributed by atoms with Crippen molar-refractivity contribution in [3.8, 4) is 0 Å². The lowest BCUT2D eigenvalue weighted by Gasteiger charge is -2.53. The van der Waals surface area contributed by atoms with Crippen LogP contribution in [-0.4, -0.2) is 74.5 Å². The molecule has 1 saturated carbocycles. The van der Waals surface area contributed by atoms with E-state index in [1.807, 2.05) is 28.2 Å². The van der Waals surface area contributed by atoms with Crippen molar-refractivity contribution in [3.63, 3.8) is 0 Å². The van der Waals surface area contributed by atoms with Crippen LogP contribution in [0.5, 0.6) is 0 Å². The molecule has 3 fully saturated rings. The molecular formula is C31H38F5N5O3. The maximum absolute atomic E-state index is 14.1. The Morgan fingerprint density at radius 2 is 1.86 bits per heavy atom. The molecule has 2 saturated heterocycles. The lowest BCUT2D eigenvalue weighted by Crippen LogP contribution is -2.61. The Morgan fingerprint density at radius 1 is 1.16 bits per heavy atom. The zero-order chi connectivity index (χ0) is 31.6. The standard InChI is InChI=1S/C31H38F5N5O3/c1-18-14-41(28(21-12-30(32,33)13-21)20-6-8-22(9-7-20)31(34,35)36)23(17-42)15-39(18)25-11-26(43)38(3)29-27(25)37-19(2)40(29)16-24-5-4-10-44-24/h6-9,11,18,21,23-24,28,42H,4-5,10,12-17H2,1-3H3/t18-,23-,24-,28?/m0/s1. The average molecular weight is 624 g/mol. The molecule has 4 atom stereocenters. The SMILES string of the molecule is Cc1nc2c(N3C[C@@H](CO)N(C(c4ccc(C(F)(F)F)cc4)C4CC(F)(F)C4)C[C@@H]3C)cc(=O)n(C)c2n1C[C@@H]1CCCO1. The van der Waals surface area contributed by atoms with E-state index in [0.29, 0.717) is 42.1 Å². The zero-order valence-corrected chi connectivity index (χ0v) is 25.0. The molecule has 3 aromatic rings. The van der Waals surface area contributed by atoms with Crippen molar-refractivity contribution in [1.82, 2.24) is 19.0 Å². The number of aliphatic hydroxyl groups excluding tert-OH is 1. The number of aryl methyl sites for hydroxylation is 2. The van der Waals surface area contributed by atoms with E-state index in [-0.39, 0.29) is 43.7 Å². The minimum absolute atomic E-state index is 0.0344. The molecule has 8 nitrogen and oxygen atoms in total. The van der Waals surface area contributed by atoms with Gasteiger partial charge in [0.15, 0.2) is 0 Å². The number of alkyl halides is 5. The van der Waals surface area contributed by atoms with E-state index in [1.54, 1.807) is 17.7 Å². The first-order valence-electron chi connectivity index (χ1n) is 15.1. The van der Waals surface area contributed by atoms with Crippen LogP contribution in [0.25, 0.3) is 11.2 Å². The molecule has 44 heavy (non-hydrogen) atoms. The molecule has 4 heterocycles. The van der Waals surface area contributed by atoms with E-state index in [0.717, 1.165) is 30.8 Å². The first kappa shape index (κ1) is 31.0. The molecule has 13 heteroatoms. The maximum Gasteiger partial charge on any atom is 0.416 e. The van der Waals surface area contributed by atoms with Crippen molar-refractivity contribution in [3.05, 3.63) is 57.6 Å². The second kappa shape index (κ2) is 11.4. The predicted molar refractivity (Wildman–Crippen MR) is 155 cm³/mol. The highest BCUT2D eigenvalue weighted by molar-refractivity contribution is 5.87. The number of hydrogen-bond donors (Lipinski definition) is 1. The van der Waals surface area contributed by atoms with Crippen molar-refractivity contribution in [2.45, 2.75) is 82.4 Å². The summed E-state index contributed by atoms with van der Waals surface area (Å²) in [7, 11) is 1.71. The lowest BCUT2D eigenvalue weighted by atomic mass is 9.73. The van der Waals surface area contributed by atoms with Crippen LogP contribution in [0.3, 0.4) is 0 Å². The Kier molecular flexibility index (Phi) is 8.02. The molecule has 2 aromatic heterocycles.